The number of aryl methyl sites for hydroxylation is 2. The van der Waals surface area contributed by atoms with Gasteiger partial charge in [-0.2, -0.15) is 5.10 Å². The summed E-state index contributed by atoms with van der Waals surface area (Å²) in [4.78, 5) is 21.8. The van der Waals surface area contributed by atoms with Crippen LogP contribution in [0.2, 0.25) is 0 Å². The molecule has 8 heteroatoms. The van der Waals surface area contributed by atoms with Crippen molar-refractivity contribution in [3.05, 3.63) is 35.7 Å². The number of nitrogens with zero attached hydrogens (tertiary/aromatic N) is 5. The van der Waals surface area contributed by atoms with Crippen LogP contribution >= 0.6 is 11.3 Å². The molecule has 1 aromatic carbocycles. The zero-order valence-corrected chi connectivity index (χ0v) is 18.2. The summed E-state index contributed by atoms with van der Waals surface area (Å²) in [5.41, 5.74) is 2.51. The van der Waals surface area contributed by atoms with Crippen LogP contribution in [0.4, 0.5) is 5.13 Å². The summed E-state index contributed by atoms with van der Waals surface area (Å²) in [6.45, 7) is 6.39. The number of benzene rings is 1. The van der Waals surface area contributed by atoms with Gasteiger partial charge in [-0.25, -0.2) is 4.98 Å². The van der Waals surface area contributed by atoms with Crippen LogP contribution in [0.15, 0.2) is 24.3 Å². The number of carbonyl (C=O) groups is 1. The minimum atomic E-state index is -0.00408. The van der Waals surface area contributed by atoms with Crippen molar-refractivity contribution in [1.82, 2.24) is 19.7 Å². The van der Waals surface area contributed by atoms with Crippen LogP contribution in [0.3, 0.4) is 0 Å². The fourth-order valence-electron chi connectivity index (χ4n) is 3.74. The lowest BCUT2D eigenvalue weighted by Crippen LogP contribution is -2.45. The number of rotatable bonds is 5. The van der Waals surface area contributed by atoms with Crippen molar-refractivity contribution in [1.29, 1.82) is 0 Å². The molecule has 0 radical (unpaired) electrons. The predicted octanol–water partition coefficient (Wildman–Crippen LogP) is 3.48. The highest BCUT2D eigenvalue weighted by Crippen LogP contribution is 2.33. The molecule has 3 heterocycles. The molecule has 4 rings (SSSR count). The summed E-state index contributed by atoms with van der Waals surface area (Å²) in [5.74, 6) is 0.884. The first-order valence-corrected chi connectivity index (χ1v) is 10.8. The number of ether oxygens (including phenoxy) is 1. The average Bonchev–Trinajstić information content (AvgIpc) is 3.30. The van der Waals surface area contributed by atoms with Crippen LogP contribution in [-0.4, -0.2) is 58.4 Å². The Bertz CT molecular complexity index is 1000. The average molecular weight is 414 g/mol. The second kappa shape index (κ2) is 8.02. The number of carbonyl (C=O) groups excluding carboxylic acids is 1. The van der Waals surface area contributed by atoms with E-state index in [4.69, 9.17) is 9.72 Å². The van der Waals surface area contributed by atoms with Crippen molar-refractivity contribution in [2.75, 3.05) is 31.6 Å². The van der Waals surface area contributed by atoms with Gasteiger partial charge in [0.15, 0.2) is 10.8 Å². The Kier molecular flexibility index (Phi) is 5.45. The molecule has 29 heavy (non-hydrogen) atoms. The van der Waals surface area contributed by atoms with Crippen LogP contribution in [0, 0.1) is 6.92 Å². The van der Waals surface area contributed by atoms with Gasteiger partial charge in [0.1, 0.15) is 5.75 Å². The van der Waals surface area contributed by atoms with Crippen LogP contribution in [0.1, 0.15) is 35.9 Å². The van der Waals surface area contributed by atoms with Gasteiger partial charge in [0, 0.05) is 38.9 Å². The monoisotopic (exact) mass is 413 g/mol. The molecule has 3 aromatic rings. The van der Waals surface area contributed by atoms with Crippen molar-refractivity contribution < 1.29 is 9.53 Å². The van der Waals surface area contributed by atoms with Gasteiger partial charge in [-0.1, -0.05) is 11.3 Å². The van der Waals surface area contributed by atoms with Gasteiger partial charge in [-0.05, 0) is 51.0 Å². The van der Waals surface area contributed by atoms with E-state index in [-0.39, 0.29) is 11.9 Å². The van der Waals surface area contributed by atoms with Crippen molar-refractivity contribution in [2.45, 2.75) is 32.7 Å². The van der Waals surface area contributed by atoms with E-state index in [1.54, 1.807) is 16.0 Å². The van der Waals surface area contributed by atoms with E-state index < -0.39 is 0 Å². The topological polar surface area (TPSA) is 63.5 Å². The number of anilines is 1. The molecule has 0 bridgehead atoms. The molecule has 0 N–H and O–H groups in total. The zero-order valence-electron chi connectivity index (χ0n) is 17.4. The quantitative estimate of drug-likeness (QED) is 0.641. The minimum absolute atomic E-state index is 0.00408. The van der Waals surface area contributed by atoms with Gasteiger partial charge in [0.05, 0.1) is 16.8 Å². The zero-order chi connectivity index (χ0) is 20.5. The maximum atomic E-state index is 12.8. The number of amides is 1. The van der Waals surface area contributed by atoms with E-state index in [9.17, 15) is 4.79 Å². The molecular weight excluding hydrogens is 386 g/mol. The number of aromatic nitrogens is 3. The number of fused-ring (bicyclic) bond motifs is 1. The fourth-order valence-corrected chi connectivity index (χ4v) is 4.79. The van der Waals surface area contributed by atoms with Crippen molar-refractivity contribution >= 4 is 32.6 Å². The Morgan fingerprint density at radius 1 is 1.31 bits per heavy atom. The Morgan fingerprint density at radius 2 is 2.07 bits per heavy atom. The molecule has 0 unspecified atom stereocenters. The smallest absolute Gasteiger partial charge is 0.274 e. The van der Waals surface area contributed by atoms with Crippen LogP contribution in [-0.2, 0) is 7.05 Å². The molecule has 0 aliphatic carbocycles. The summed E-state index contributed by atoms with van der Waals surface area (Å²) in [5, 5.41) is 5.37. The molecule has 1 fully saturated rings. The lowest BCUT2D eigenvalue weighted by Gasteiger charge is -2.36. The molecule has 1 amide bonds. The van der Waals surface area contributed by atoms with E-state index in [0.29, 0.717) is 12.3 Å². The van der Waals surface area contributed by atoms with Gasteiger partial charge in [0.2, 0.25) is 0 Å². The van der Waals surface area contributed by atoms with E-state index >= 15 is 0 Å². The normalized spacial score (nSPS) is 15.1. The Balaban J connectivity index is 1.41. The standard InChI is InChI=1S/C21H27N5O2S/c1-5-28-16-6-7-17-19(13-16)29-21(22-17)26-10-8-15(9-11-26)24(3)20(27)18-12-14(2)25(4)23-18/h6-7,12-13,15H,5,8-11H2,1-4H3. The third-order valence-electron chi connectivity index (χ3n) is 5.60. The highest BCUT2D eigenvalue weighted by molar-refractivity contribution is 7.22. The van der Waals surface area contributed by atoms with E-state index in [0.717, 1.165) is 52.7 Å². The molecule has 1 aliphatic heterocycles. The number of piperidine rings is 1. The molecule has 154 valence electrons. The summed E-state index contributed by atoms with van der Waals surface area (Å²) in [7, 11) is 3.75. The van der Waals surface area contributed by atoms with Crippen LogP contribution < -0.4 is 9.64 Å². The number of hydrogen-bond donors (Lipinski definition) is 0. The largest absolute Gasteiger partial charge is 0.494 e. The van der Waals surface area contributed by atoms with Crippen molar-refractivity contribution in [3.63, 3.8) is 0 Å². The lowest BCUT2D eigenvalue weighted by molar-refractivity contribution is 0.0702. The van der Waals surface area contributed by atoms with Gasteiger partial charge >= 0.3 is 0 Å². The second-order valence-electron chi connectivity index (χ2n) is 7.49. The molecule has 7 nitrogen and oxygen atoms in total. The first-order chi connectivity index (χ1) is 14.0. The fraction of sp³-hybridized carbons (Fsp3) is 0.476. The molecule has 0 atom stereocenters. The van der Waals surface area contributed by atoms with Gasteiger partial charge in [-0.3, -0.25) is 9.48 Å². The second-order valence-corrected chi connectivity index (χ2v) is 8.50. The molecule has 2 aromatic heterocycles. The van der Waals surface area contributed by atoms with Gasteiger partial charge in [0.25, 0.3) is 5.91 Å². The van der Waals surface area contributed by atoms with E-state index in [2.05, 4.69) is 16.1 Å². The Labute approximate surface area is 174 Å². The van der Waals surface area contributed by atoms with Crippen molar-refractivity contribution in [3.8, 4) is 5.75 Å². The number of hydrogen-bond acceptors (Lipinski definition) is 6. The lowest BCUT2D eigenvalue weighted by atomic mass is 10.0. The number of thiazole rings is 1. The molecular formula is C21H27N5O2S. The van der Waals surface area contributed by atoms with Crippen LogP contribution in [0.5, 0.6) is 5.75 Å². The van der Waals surface area contributed by atoms with Crippen LogP contribution in [0.25, 0.3) is 10.2 Å². The summed E-state index contributed by atoms with van der Waals surface area (Å²) >= 11 is 1.70. The SMILES string of the molecule is CCOc1ccc2nc(N3CCC(N(C)C(=O)c4cc(C)n(C)n4)CC3)sc2c1. The highest BCUT2D eigenvalue weighted by atomic mass is 32.1. The third kappa shape index (κ3) is 3.94. The summed E-state index contributed by atoms with van der Waals surface area (Å²) in [6.07, 6.45) is 1.85. The summed E-state index contributed by atoms with van der Waals surface area (Å²) in [6, 6.07) is 8.13. The van der Waals surface area contributed by atoms with Gasteiger partial charge < -0.3 is 14.5 Å². The maximum Gasteiger partial charge on any atom is 0.274 e. The molecule has 1 aliphatic rings. The first-order valence-electron chi connectivity index (χ1n) is 10.0. The molecule has 1 saturated heterocycles. The summed E-state index contributed by atoms with van der Waals surface area (Å²) < 4.78 is 8.49. The highest BCUT2D eigenvalue weighted by Gasteiger charge is 2.28. The van der Waals surface area contributed by atoms with Crippen molar-refractivity contribution in [2.24, 2.45) is 7.05 Å². The molecule has 0 spiro atoms. The maximum absolute atomic E-state index is 12.8. The first kappa shape index (κ1) is 19.7. The minimum Gasteiger partial charge on any atom is -0.494 e. The third-order valence-corrected chi connectivity index (χ3v) is 6.67. The Morgan fingerprint density at radius 3 is 2.72 bits per heavy atom. The predicted molar refractivity (Wildman–Crippen MR) is 116 cm³/mol. The van der Waals surface area contributed by atoms with Gasteiger partial charge in [-0.15, -0.1) is 0 Å². The molecule has 0 saturated carbocycles. The van der Waals surface area contributed by atoms with E-state index in [1.807, 2.05) is 51.0 Å². The Hall–Kier alpha value is -2.61. The van der Waals surface area contributed by atoms with E-state index in [1.165, 1.54) is 0 Å².